The van der Waals surface area contributed by atoms with E-state index >= 15 is 0 Å². The van der Waals surface area contributed by atoms with Crippen molar-refractivity contribution >= 4 is 28.8 Å². The van der Waals surface area contributed by atoms with E-state index in [-0.39, 0.29) is 24.0 Å². The van der Waals surface area contributed by atoms with Gasteiger partial charge in [-0.15, -0.1) is 11.3 Å². The van der Waals surface area contributed by atoms with Crippen LogP contribution in [0.15, 0.2) is 23.7 Å². The number of thiophene rings is 1. The third kappa shape index (κ3) is 2.55. The predicted molar refractivity (Wildman–Crippen MR) is 86.1 cm³/mol. The highest BCUT2D eigenvalue weighted by Gasteiger charge is 2.45. The highest BCUT2D eigenvalue weighted by Crippen LogP contribution is 2.50. The van der Waals surface area contributed by atoms with Gasteiger partial charge in [0.1, 0.15) is 5.69 Å². The lowest BCUT2D eigenvalue weighted by atomic mass is 9.64. The largest absolute Gasteiger partial charge is 0.396 e. The number of amides is 1. The summed E-state index contributed by atoms with van der Waals surface area (Å²) in [6, 6.07) is 3.75. The summed E-state index contributed by atoms with van der Waals surface area (Å²) in [4.78, 5) is 13.7. The minimum Gasteiger partial charge on any atom is -0.396 e. The van der Waals surface area contributed by atoms with Crippen molar-refractivity contribution in [2.45, 2.75) is 25.3 Å². The van der Waals surface area contributed by atoms with Crippen LogP contribution in [0.3, 0.4) is 0 Å². The van der Waals surface area contributed by atoms with Crippen molar-refractivity contribution in [3.05, 3.63) is 39.3 Å². The lowest BCUT2D eigenvalue weighted by molar-refractivity contribution is 0.00697. The number of nitrogens with zero attached hydrogens (tertiary/aromatic N) is 2. The molecule has 1 unspecified atom stereocenters. The molecule has 0 aliphatic heterocycles. The average Bonchev–Trinajstić information content (AvgIpc) is 3.07. The number of carbonyl (C=O) groups is 1. The Hall–Kier alpha value is -1.37. The van der Waals surface area contributed by atoms with Crippen molar-refractivity contribution < 1.29 is 9.90 Å². The van der Waals surface area contributed by atoms with Crippen LogP contribution in [0.5, 0.6) is 0 Å². The second-order valence-corrected chi connectivity index (χ2v) is 7.15. The van der Waals surface area contributed by atoms with Crippen molar-refractivity contribution in [3.8, 4) is 0 Å². The second kappa shape index (κ2) is 6.02. The Labute approximate surface area is 137 Å². The predicted octanol–water partition coefficient (Wildman–Crippen LogP) is 2.77. The molecule has 0 radical (unpaired) electrons. The molecular weight excluding hydrogens is 322 g/mol. The number of halogens is 1. The normalized spacial score (nSPS) is 17.8. The van der Waals surface area contributed by atoms with E-state index in [4.69, 9.17) is 11.6 Å². The van der Waals surface area contributed by atoms with Gasteiger partial charge in [-0.05, 0) is 24.3 Å². The number of hydrogen-bond acceptors (Lipinski definition) is 4. The van der Waals surface area contributed by atoms with Crippen LogP contribution in [0.4, 0.5) is 0 Å². The summed E-state index contributed by atoms with van der Waals surface area (Å²) in [5.41, 5.74) is 0.0709. The Morgan fingerprint density at radius 2 is 2.41 bits per heavy atom. The first-order valence-corrected chi connectivity index (χ1v) is 8.46. The zero-order valence-electron chi connectivity index (χ0n) is 12.3. The molecule has 1 fully saturated rings. The molecule has 2 N–H and O–H groups in total. The molecule has 0 spiro atoms. The van der Waals surface area contributed by atoms with Crippen molar-refractivity contribution in [1.82, 2.24) is 15.1 Å². The van der Waals surface area contributed by atoms with E-state index in [0.29, 0.717) is 10.7 Å². The number of hydrogen-bond donors (Lipinski definition) is 2. The SMILES string of the molecule is Cn1ncc(Cl)c1C(=O)NC(c1cccs1)C1(CO)CCC1. The van der Waals surface area contributed by atoms with Gasteiger partial charge in [0.05, 0.1) is 23.9 Å². The molecule has 7 heteroatoms. The Balaban J connectivity index is 1.89. The zero-order chi connectivity index (χ0) is 15.7. The maximum atomic E-state index is 12.6. The minimum absolute atomic E-state index is 0.0645. The van der Waals surface area contributed by atoms with Crippen LogP contribution in [-0.4, -0.2) is 27.4 Å². The van der Waals surface area contributed by atoms with Crippen molar-refractivity contribution in [2.24, 2.45) is 12.5 Å². The summed E-state index contributed by atoms with van der Waals surface area (Å²) in [5, 5.41) is 19.2. The highest BCUT2D eigenvalue weighted by atomic mass is 35.5. The summed E-state index contributed by atoms with van der Waals surface area (Å²) < 4.78 is 1.47. The number of rotatable bonds is 5. The second-order valence-electron chi connectivity index (χ2n) is 5.76. The number of aliphatic hydroxyl groups is 1. The first-order valence-electron chi connectivity index (χ1n) is 7.20. The van der Waals surface area contributed by atoms with Crippen LogP contribution >= 0.6 is 22.9 Å². The van der Waals surface area contributed by atoms with E-state index in [1.807, 2.05) is 17.5 Å². The molecule has 1 saturated carbocycles. The van der Waals surface area contributed by atoms with Gasteiger partial charge in [0, 0.05) is 17.3 Å². The van der Waals surface area contributed by atoms with Gasteiger partial charge in [-0.3, -0.25) is 9.48 Å². The molecule has 5 nitrogen and oxygen atoms in total. The molecule has 1 amide bonds. The van der Waals surface area contributed by atoms with Gasteiger partial charge in [0.2, 0.25) is 0 Å². The van der Waals surface area contributed by atoms with Crippen LogP contribution in [-0.2, 0) is 7.05 Å². The lowest BCUT2D eigenvalue weighted by Gasteiger charge is -2.46. The van der Waals surface area contributed by atoms with Crippen LogP contribution in [0.2, 0.25) is 5.02 Å². The van der Waals surface area contributed by atoms with Crippen molar-refractivity contribution in [2.75, 3.05) is 6.61 Å². The maximum absolute atomic E-state index is 12.6. The van der Waals surface area contributed by atoms with Gasteiger partial charge in [-0.25, -0.2) is 0 Å². The fourth-order valence-electron chi connectivity index (χ4n) is 3.02. The molecule has 3 rings (SSSR count). The zero-order valence-corrected chi connectivity index (χ0v) is 13.8. The molecular formula is C15H18ClN3O2S. The summed E-state index contributed by atoms with van der Waals surface area (Å²) >= 11 is 7.64. The fourth-order valence-corrected chi connectivity index (χ4v) is 4.18. The summed E-state index contributed by atoms with van der Waals surface area (Å²) in [5.74, 6) is -0.261. The quantitative estimate of drug-likeness (QED) is 0.880. The van der Waals surface area contributed by atoms with Crippen molar-refractivity contribution in [3.63, 3.8) is 0 Å². The molecule has 2 aromatic heterocycles. The van der Waals surface area contributed by atoms with Gasteiger partial charge in [-0.2, -0.15) is 5.10 Å². The number of aliphatic hydroxyl groups excluding tert-OH is 1. The standard InChI is InChI=1S/C15H18ClN3O2S/c1-19-12(10(16)8-17-19)14(21)18-13(11-4-2-7-22-11)15(9-20)5-3-6-15/h2,4,7-8,13,20H,3,5-6,9H2,1H3,(H,18,21). The number of aromatic nitrogens is 2. The monoisotopic (exact) mass is 339 g/mol. The van der Waals surface area contributed by atoms with E-state index in [1.54, 1.807) is 18.4 Å². The fraction of sp³-hybridized carbons (Fsp3) is 0.467. The van der Waals surface area contributed by atoms with Crippen LogP contribution in [0, 0.1) is 5.41 Å². The smallest absolute Gasteiger partial charge is 0.271 e. The first-order chi connectivity index (χ1) is 10.6. The Morgan fingerprint density at radius 3 is 2.86 bits per heavy atom. The van der Waals surface area contributed by atoms with Crippen LogP contribution < -0.4 is 5.32 Å². The number of nitrogens with one attached hydrogen (secondary N) is 1. The Kier molecular flexibility index (Phi) is 4.25. The minimum atomic E-state index is -0.272. The third-order valence-electron chi connectivity index (χ3n) is 4.49. The number of carbonyl (C=O) groups excluding carboxylic acids is 1. The Bertz CT molecular complexity index is 639. The summed E-state index contributed by atoms with van der Waals surface area (Å²) in [7, 11) is 1.69. The van der Waals surface area contributed by atoms with E-state index in [2.05, 4.69) is 10.4 Å². The summed E-state index contributed by atoms with van der Waals surface area (Å²) in [6.45, 7) is 0.0645. The van der Waals surface area contributed by atoms with Gasteiger partial charge in [0.25, 0.3) is 5.91 Å². The summed E-state index contributed by atoms with van der Waals surface area (Å²) in [6.07, 6.45) is 4.35. The van der Waals surface area contributed by atoms with Crippen LogP contribution in [0.25, 0.3) is 0 Å². The Morgan fingerprint density at radius 1 is 1.64 bits per heavy atom. The molecule has 0 saturated heterocycles. The molecule has 0 aromatic carbocycles. The first kappa shape index (κ1) is 15.5. The van der Waals surface area contributed by atoms with Gasteiger partial charge >= 0.3 is 0 Å². The van der Waals surface area contributed by atoms with E-state index in [9.17, 15) is 9.90 Å². The molecule has 2 aromatic rings. The maximum Gasteiger partial charge on any atom is 0.271 e. The third-order valence-corrected chi connectivity index (χ3v) is 5.70. The van der Waals surface area contributed by atoms with E-state index in [1.165, 1.54) is 10.9 Å². The average molecular weight is 340 g/mol. The molecule has 0 bridgehead atoms. The highest BCUT2D eigenvalue weighted by molar-refractivity contribution is 7.10. The van der Waals surface area contributed by atoms with Crippen LogP contribution in [0.1, 0.15) is 40.7 Å². The number of aryl methyl sites for hydroxylation is 1. The molecule has 1 atom stereocenters. The van der Waals surface area contributed by atoms with Crippen molar-refractivity contribution in [1.29, 1.82) is 0 Å². The molecule has 22 heavy (non-hydrogen) atoms. The topological polar surface area (TPSA) is 67.2 Å². The molecule has 2 heterocycles. The van der Waals surface area contributed by atoms with Gasteiger partial charge in [-0.1, -0.05) is 24.1 Å². The van der Waals surface area contributed by atoms with E-state index in [0.717, 1.165) is 24.1 Å². The van der Waals surface area contributed by atoms with Gasteiger partial charge < -0.3 is 10.4 Å². The lowest BCUT2D eigenvalue weighted by Crippen LogP contribution is -2.47. The molecule has 1 aliphatic carbocycles. The van der Waals surface area contributed by atoms with E-state index < -0.39 is 0 Å². The molecule has 1 aliphatic rings. The van der Waals surface area contributed by atoms with Gasteiger partial charge in [0.15, 0.2) is 0 Å². The molecule has 118 valence electrons.